The van der Waals surface area contributed by atoms with E-state index in [1.54, 1.807) is 6.07 Å². The predicted molar refractivity (Wildman–Crippen MR) is 49.6 cm³/mol. The zero-order valence-corrected chi connectivity index (χ0v) is 8.43. The summed E-state index contributed by atoms with van der Waals surface area (Å²) in [6.45, 7) is 0. The Hall–Kier alpha value is -1.68. The van der Waals surface area contributed by atoms with E-state index >= 15 is 0 Å². The van der Waals surface area contributed by atoms with Gasteiger partial charge in [-0.15, -0.1) is 24.8 Å². The first-order valence-electron chi connectivity index (χ1n) is 3.88. The monoisotopic (exact) mass is 251 g/mol. The third kappa shape index (κ3) is 2.90. The number of nitrogen functional groups attached to an aromatic ring is 1. The van der Waals surface area contributed by atoms with E-state index in [0.29, 0.717) is 0 Å². The third-order valence-corrected chi connectivity index (χ3v) is 1.87. The number of nitrogens with two attached hydrogens (primary N) is 1. The number of hydrogen-bond donors (Lipinski definition) is 1. The topological polar surface area (TPSA) is 71.9 Å². The number of nitriles is 1. The predicted octanol–water partition coefficient (Wildman–Crippen LogP) is 2.17. The highest BCUT2D eigenvalue weighted by Crippen LogP contribution is 2.30. The van der Waals surface area contributed by atoms with E-state index < -0.39 is 12.2 Å². The highest BCUT2D eigenvalue weighted by Gasteiger charge is 2.33. The van der Waals surface area contributed by atoms with Gasteiger partial charge < -0.3 is 10.5 Å². The van der Waals surface area contributed by atoms with Crippen LogP contribution in [0.5, 0.6) is 5.88 Å². The number of alkyl halides is 4. The molecule has 0 atom stereocenters. The summed E-state index contributed by atoms with van der Waals surface area (Å²) < 4.78 is 39.4. The number of hydrogen-bond acceptors (Lipinski definition) is 4. The summed E-state index contributed by atoms with van der Waals surface area (Å²) in [4.78, 5) is 3.30. The maximum atomic E-state index is 12.0. The minimum Gasteiger partial charge on any atom is -0.394 e. The van der Waals surface area contributed by atoms with Gasteiger partial charge in [0.25, 0.3) is 0 Å². The third-order valence-electron chi connectivity index (χ3n) is 1.58. The molecule has 1 aromatic rings. The Morgan fingerprint density at radius 3 is 2.62 bits per heavy atom. The number of ether oxygens (including phenoxy) is 1. The summed E-state index contributed by atoms with van der Waals surface area (Å²) in [6, 6.07) is 2.78. The summed E-state index contributed by atoms with van der Waals surface area (Å²) in [7, 11) is 0. The van der Waals surface area contributed by atoms with Gasteiger partial charge in [0.05, 0.1) is 5.69 Å². The van der Waals surface area contributed by atoms with E-state index in [0.717, 1.165) is 0 Å². The van der Waals surface area contributed by atoms with Crippen LogP contribution in [-0.2, 0) is 5.88 Å². The van der Waals surface area contributed by atoms with E-state index in [1.165, 1.54) is 6.07 Å². The zero-order chi connectivity index (χ0) is 12.3. The quantitative estimate of drug-likeness (QED) is 0.818. The molecule has 2 N–H and O–H groups in total. The Bertz CT molecular complexity index is 441. The second kappa shape index (κ2) is 4.45. The van der Waals surface area contributed by atoms with Crippen molar-refractivity contribution in [1.82, 2.24) is 4.98 Å². The highest BCUT2D eigenvalue weighted by atomic mass is 35.5. The Morgan fingerprint density at radius 2 is 2.19 bits per heavy atom. The van der Waals surface area contributed by atoms with Crippen LogP contribution in [0.4, 0.5) is 18.9 Å². The van der Waals surface area contributed by atoms with Gasteiger partial charge in [0.15, 0.2) is 0 Å². The SMILES string of the molecule is N#Cc1cc(CCl)c(N)c(OC(F)(F)F)n1. The number of rotatable bonds is 2. The lowest BCUT2D eigenvalue weighted by atomic mass is 10.2. The maximum absolute atomic E-state index is 12.0. The van der Waals surface area contributed by atoms with Crippen molar-refractivity contribution in [3.63, 3.8) is 0 Å². The van der Waals surface area contributed by atoms with Crippen LogP contribution in [0.2, 0.25) is 0 Å². The van der Waals surface area contributed by atoms with Gasteiger partial charge in [-0.25, -0.2) is 4.98 Å². The molecule has 1 heterocycles. The number of aromatic nitrogens is 1. The summed E-state index contributed by atoms with van der Waals surface area (Å²) in [6.07, 6.45) is -4.92. The van der Waals surface area contributed by atoms with Crippen LogP contribution < -0.4 is 10.5 Å². The van der Waals surface area contributed by atoms with Crippen LogP contribution >= 0.6 is 11.6 Å². The molecule has 16 heavy (non-hydrogen) atoms. The lowest BCUT2D eigenvalue weighted by molar-refractivity contribution is -0.275. The summed E-state index contributed by atoms with van der Waals surface area (Å²) in [5, 5.41) is 8.54. The molecule has 0 aliphatic rings. The van der Waals surface area contributed by atoms with E-state index in [-0.39, 0.29) is 22.8 Å². The molecule has 0 saturated carbocycles. The fourth-order valence-corrected chi connectivity index (χ4v) is 1.16. The molecule has 0 aromatic carbocycles. The molecule has 4 nitrogen and oxygen atoms in total. The molecule has 8 heteroatoms. The largest absolute Gasteiger partial charge is 0.574 e. The van der Waals surface area contributed by atoms with Gasteiger partial charge >= 0.3 is 6.36 Å². The second-order valence-corrected chi connectivity index (χ2v) is 2.95. The average Bonchev–Trinajstić information content (AvgIpc) is 2.19. The summed E-state index contributed by atoms with van der Waals surface area (Å²) in [5.41, 5.74) is 4.93. The van der Waals surface area contributed by atoms with Crippen molar-refractivity contribution in [2.75, 3.05) is 5.73 Å². The Morgan fingerprint density at radius 1 is 1.56 bits per heavy atom. The van der Waals surface area contributed by atoms with Gasteiger partial charge in [-0.3, -0.25) is 0 Å². The minimum absolute atomic E-state index is 0.142. The van der Waals surface area contributed by atoms with Crippen molar-refractivity contribution in [2.45, 2.75) is 12.2 Å². The molecular weight excluding hydrogens is 247 g/mol. The average molecular weight is 252 g/mol. The standard InChI is InChI=1S/C8H5ClF3N3O/c9-2-4-1-5(3-13)15-7(6(4)14)16-8(10,11)12/h1H,2,14H2. The molecule has 1 rings (SSSR count). The first-order valence-corrected chi connectivity index (χ1v) is 4.42. The van der Waals surface area contributed by atoms with Crippen LogP contribution in [0.3, 0.4) is 0 Å². The van der Waals surface area contributed by atoms with Crippen molar-refractivity contribution in [3.05, 3.63) is 17.3 Å². The first kappa shape index (κ1) is 12.4. The van der Waals surface area contributed by atoms with Gasteiger partial charge in [-0.05, 0) is 11.6 Å². The molecule has 0 bridgehead atoms. The van der Waals surface area contributed by atoms with Gasteiger partial charge in [-0.1, -0.05) is 0 Å². The van der Waals surface area contributed by atoms with Gasteiger partial charge in [0.1, 0.15) is 11.8 Å². The molecular formula is C8H5ClF3N3O. The molecule has 0 unspecified atom stereocenters. The molecule has 0 aliphatic carbocycles. The molecule has 0 fully saturated rings. The lowest BCUT2D eigenvalue weighted by Gasteiger charge is -2.12. The fraction of sp³-hybridized carbons (Fsp3) is 0.250. The molecule has 0 amide bonds. The number of anilines is 1. The molecule has 0 spiro atoms. The van der Waals surface area contributed by atoms with Crippen molar-refractivity contribution in [1.29, 1.82) is 5.26 Å². The van der Waals surface area contributed by atoms with Gasteiger partial charge in [0, 0.05) is 5.88 Å². The normalized spacial score (nSPS) is 10.9. The van der Waals surface area contributed by atoms with Crippen molar-refractivity contribution in [2.24, 2.45) is 0 Å². The fourth-order valence-electron chi connectivity index (χ4n) is 0.937. The van der Waals surface area contributed by atoms with E-state index in [1.807, 2.05) is 0 Å². The van der Waals surface area contributed by atoms with Crippen molar-refractivity contribution >= 4 is 17.3 Å². The van der Waals surface area contributed by atoms with E-state index in [2.05, 4.69) is 9.72 Å². The maximum Gasteiger partial charge on any atom is 0.574 e. The lowest BCUT2D eigenvalue weighted by Crippen LogP contribution is -2.19. The molecule has 1 aromatic heterocycles. The van der Waals surface area contributed by atoms with Crippen LogP contribution in [0, 0.1) is 11.3 Å². The smallest absolute Gasteiger partial charge is 0.394 e. The Balaban J connectivity index is 3.23. The van der Waals surface area contributed by atoms with Crippen LogP contribution in [0.25, 0.3) is 0 Å². The van der Waals surface area contributed by atoms with Crippen LogP contribution in [0.1, 0.15) is 11.3 Å². The number of nitrogens with zero attached hydrogens (tertiary/aromatic N) is 2. The number of pyridine rings is 1. The molecule has 86 valence electrons. The van der Waals surface area contributed by atoms with Crippen LogP contribution in [0.15, 0.2) is 6.07 Å². The number of halogens is 4. The summed E-state index contributed by atoms with van der Waals surface area (Å²) >= 11 is 5.45. The molecule has 0 aliphatic heterocycles. The Labute approximate surface area is 93.4 Å². The van der Waals surface area contributed by atoms with Gasteiger partial charge in [-0.2, -0.15) is 5.26 Å². The molecule has 0 radical (unpaired) electrons. The Kier molecular flexibility index (Phi) is 3.44. The zero-order valence-electron chi connectivity index (χ0n) is 7.68. The highest BCUT2D eigenvalue weighted by molar-refractivity contribution is 6.17. The van der Waals surface area contributed by atoms with Gasteiger partial charge in [0.2, 0.25) is 5.88 Å². The van der Waals surface area contributed by atoms with Crippen molar-refractivity contribution in [3.8, 4) is 11.9 Å². The van der Waals surface area contributed by atoms with Crippen LogP contribution in [-0.4, -0.2) is 11.3 Å². The van der Waals surface area contributed by atoms with E-state index in [9.17, 15) is 13.2 Å². The first-order chi connectivity index (χ1) is 7.37. The van der Waals surface area contributed by atoms with Crippen molar-refractivity contribution < 1.29 is 17.9 Å². The second-order valence-electron chi connectivity index (χ2n) is 2.68. The summed E-state index contributed by atoms with van der Waals surface area (Å²) in [5.74, 6) is -1.00. The molecule has 0 saturated heterocycles. The van der Waals surface area contributed by atoms with E-state index in [4.69, 9.17) is 22.6 Å². The minimum atomic E-state index is -4.92.